The predicted octanol–water partition coefficient (Wildman–Crippen LogP) is 4.37. The van der Waals surface area contributed by atoms with E-state index in [4.69, 9.17) is 20.8 Å². The molecule has 0 fully saturated rings. The molecule has 0 saturated heterocycles. The number of phenolic OH excluding ortho intramolecular Hbond substituents is 1. The molecule has 3 rings (SSSR count). The molecule has 122 valence electrons. The summed E-state index contributed by atoms with van der Waals surface area (Å²) in [5.74, 6) is -0.358. The second-order valence-corrected chi connectivity index (χ2v) is 5.58. The van der Waals surface area contributed by atoms with Crippen molar-refractivity contribution in [3.05, 3.63) is 70.6 Å². The van der Waals surface area contributed by atoms with Gasteiger partial charge in [-0.1, -0.05) is 35.9 Å². The van der Waals surface area contributed by atoms with Gasteiger partial charge in [-0.3, -0.25) is 0 Å². The van der Waals surface area contributed by atoms with E-state index in [0.717, 1.165) is 0 Å². The van der Waals surface area contributed by atoms with Crippen molar-refractivity contribution >= 4 is 17.6 Å². The lowest BCUT2D eigenvalue weighted by atomic mass is 10.1. The molecule has 1 heterocycles. The number of nitrogens with zero attached hydrogens (tertiary/aromatic N) is 1. The second kappa shape index (κ2) is 6.76. The number of oxazole rings is 1. The van der Waals surface area contributed by atoms with Crippen LogP contribution in [-0.2, 0) is 11.3 Å². The number of rotatable bonds is 4. The van der Waals surface area contributed by atoms with E-state index in [1.807, 2.05) is 12.1 Å². The highest BCUT2D eigenvalue weighted by Gasteiger charge is 2.16. The van der Waals surface area contributed by atoms with Gasteiger partial charge in [0.25, 0.3) is 0 Å². The van der Waals surface area contributed by atoms with Gasteiger partial charge in [-0.05, 0) is 30.7 Å². The number of carbonyl (C=O) groups excluding carboxylic acids is 1. The normalized spacial score (nSPS) is 10.6. The van der Waals surface area contributed by atoms with Crippen LogP contribution >= 0.6 is 11.6 Å². The Morgan fingerprint density at radius 1 is 1.25 bits per heavy atom. The van der Waals surface area contributed by atoms with Crippen molar-refractivity contribution in [2.24, 2.45) is 0 Å². The van der Waals surface area contributed by atoms with Crippen LogP contribution in [0.1, 0.15) is 21.6 Å². The number of aryl methyl sites for hydroxylation is 1. The van der Waals surface area contributed by atoms with Crippen molar-refractivity contribution < 1.29 is 19.1 Å². The molecule has 0 aliphatic rings. The number of hydrogen-bond acceptors (Lipinski definition) is 5. The molecule has 2 aromatic carbocycles. The van der Waals surface area contributed by atoms with Crippen LogP contribution in [0.25, 0.3) is 11.5 Å². The van der Waals surface area contributed by atoms with Crippen LogP contribution in [0.3, 0.4) is 0 Å². The number of halogens is 1. The van der Waals surface area contributed by atoms with Gasteiger partial charge < -0.3 is 14.3 Å². The highest BCUT2D eigenvalue weighted by atomic mass is 35.5. The van der Waals surface area contributed by atoms with Gasteiger partial charge >= 0.3 is 5.97 Å². The van der Waals surface area contributed by atoms with E-state index in [1.54, 1.807) is 31.2 Å². The SMILES string of the molecule is Cc1cccc(C(=O)OCc2coc(-c3ccccc3Cl)n2)c1O. The van der Waals surface area contributed by atoms with Gasteiger partial charge in [-0.2, -0.15) is 0 Å². The number of para-hydroxylation sites is 1. The van der Waals surface area contributed by atoms with Gasteiger partial charge in [0, 0.05) is 0 Å². The fourth-order valence-electron chi connectivity index (χ4n) is 2.17. The Labute approximate surface area is 143 Å². The summed E-state index contributed by atoms with van der Waals surface area (Å²) in [6.07, 6.45) is 1.40. The summed E-state index contributed by atoms with van der Waals surface area (Å²) in [6.45, 7) is 1.64. The zero-order chi connectivity index (χ0) is 17.1. The first kappa shape index (κ1) is 16.1. The molecule has 5 nitrogen and oxygen atoms in total. The van der Waals surface area contributed by atoms with Gasteiger partial charge in [0.05, 0.1) is 10.6 Å². The van der Waals surface area contributed by atoms with Crippen LogP contribution in [0.15, 0.2) is 53.1 Å². The Kier molecular flexibility index (Phi) is 4.53. The molecule has 0 spiro atoms. The average Bonchev–Trinajstić information content (AvgIpc) is 3.04. The molecule has 0 amide bonds. The number of esters is 1. The standard InChI is InChI=1S/C18H14ClNO4/c1-11-5-4-7-14(16(11)21)18(22)24-10-12-9-23-17(20-12)13-6-2-3-8-15(13)19/h2-9,21H,10H2,1H3. The Hall–Kier alpha value is -2.79. The molecule has 0 aliphatic heterocycles. The Bertz CT molecular complexity index is 888. The third-order valence-corrected chi connectivity index (χ3v) is 3.79. The maximum Gasteiger partial charge on any atom is 0.342 e. The van der Waals surface area contributed by atoms with Crippen LogP contribution < -0.4 is 0 Å². The minimum Gasteiger partial charge on any atom is -0.507 e. The molecule has 0 bridgehead atoms. The van der Waals surface area contributed by atoms with E-state index in [0.29, 0.717) is 27.7 Å². The van der Waals surface area contributed by atoms with Crippen LogP contribution in [0.4, 0.5) is 0 Å². The number of phenols is 1. The first-order valence-corrected chi connectivity index (χ1v) is 7.59. The number of aromatic hydroxyl groups is 1. The lowest BCUT2D eigenvalue weighted by molar-refractivity contribution is 0.0464. The molecule has 0 saturated carbocycles. The minimum absolute atomic E-state index is 0.0693. The molecule has 0 radical (unpaired) electrons. The summed E-state index contributed by atoms with van der Waals surface area (Å²) >= 11 is 6.09. The molecule has 0 aliphatic carbocycles. The summed E-state index contributed by atoms with van der Waals surface area (Å²) in [6, 6.07) is 12.0. The molecular formula is C18H14ClNO4. The lowest BCUT2D eigenvalue weighted by Gasteiger charge is -2.06. The molecule has 3 aromatic rings. The quantitative estimate of drug-likeness (QED) is 0.712. The summed E-state index contributed by atoms with van der Waals surface area (Å²) in [7, 11) is 0. The van der Waals surface area contributed by atoms with Gasteiger partial charge in [0.15, 0.2) is 0 Å². The summed E-state index contributed by atoms with van der Waals surface area (Å²) < 4.78 is 10.6. The zero-order valence-corrected chi connectivity index (χ0v) is 13.6. The van der Waals surface area contributed by atoms with E-state index in [9.17, 15) is 9.90 Å². The molecular weight excluding hydrogens is 330 g/mol. The largest absolute Gasteiger partial charge is 0.507 e. The maximum absolute atomic E-state index is 12.1. The van der Waals surface area contributed by atoms with Gasteiger partial charge in [-0.15, -0.1) is 0 Å². The Balaban J connectivity index is 1.71. The van der Waals surface area contributed by atoms with Crippen LogP contribution in [0.5, 0.6) is 5.75 Å². The van der Waals surface area contributed by atoms with Crippen molar-refractivity contribution in [1.82, 2.24) is 4.98 Å². The molecule has 0 atom stereocenters. The fourth-order valence-corrected chi connectivity index (χ4v) is 2.39. The smallest absolute Gasteiger partial charge is 0.342 e. The van der Waals surface area contributed by atoms with Crippen LogP contribution in [0.2, 0.25) is 5.02 Å². The average molecular weight is 344 g/mol. The third kappa shape index (κ3) is 3.26. The van der Waals surface area contributed by atoms with Crippen molar-refractivity contribution in [3.8, 4) is 17.2 Å². The van der Waals surface area contributed by atoms with Crippen LogP contribution in [0, 0.1) is 6.92 Å². The van der Waals surface area contributed by atoms with Gasteiger partial charge in [0.2, 0.25) is 5.89 Å². The zero-order valence-electron chi connectivity index (χ0n) is 12.8. The van der Waals surface area contributed by atoms with Crippen molar-refractivity contribution in [2.75, 3.05) is 0 Å². The number of aromatic nitrogens is 1. The first-order valence-electron chi connectivity index (χ1n) is 7.21. The number of hydrogen-bond donors (Lipinski definition) is 1. The molecule has 0 unspecified atom stereocenters. The van der Waals surface area contributed by atoms with E-state index >= 15 is 0 Å². The van der Waals surface area contributed by atoms with E-state index in [2.05, 4.69) is 4.98 Å². The van der Waals surface area contributed by atoms with Crippen LogP contribution in [-0.4, -0.2) is 16.1 Å². The van der Waals surface area contributed by atoms with E-state index in [1.165, 1.54) is 12.3 Å². The first-order chi connectivity index (χ1) is 11.6. The monoisotopic (exact) mass is 343 g/mol. The number of ether oxygens (including phenoxy) is 1. The van der Waals surface area contributed by atoms with E-state index < -0.39 is 5.97 Å². The molecule has 1 N–H and O–H groups in total. The van der Waals surface area contributed by atoms with E-state index in [-0.39, 0.29) is 17.9 Å². The molecule has 1 aromatic heterocycles. The maximum atomic E-state index is 12.1. The Morgan fingerprint density at radius 3 is 2.83 bits per heavy atom. The summed E-state index contributed by atoms with van der Waals surface area (Å²) in [5.41, 5.74) is 1.83. The predicted molar refractivity (Wildman–Crippen MR) is 88.9 cm³/mol. The minimum atomic E-state index is -0.626. The lowest BCUT2D eigenvalue weighted by Crippen LogP contribution is -2.06. The van der Waals surface area contributed by atoms with Crippen molar-refractivity contribution in [3.63, 3.8) is 0 Å². The number of carbonyl (C=O) groups is 1. The second-order valence-electron chi connectivity index (χ2n) is 5.17. The topological polar surface area (TPSA) is 72.6 Å². The molecule has 6 heteroatoms. The summed E-state index contributed by atoms with van der Waals surface area (Å²) in [4.78, 5) is 16.3. The Morgan fingerprint density at radius 2 is 2.04 bits per heavy atom. The highest BCUT2D eigenvalue weighted by molar-refractivity contribution is 6.33. The van der Waals surface area contributed by atoms with Gasteiger partial charge in [0.1, 0.15) is 29.9 Å². The van der Waals surface area contributed by atoms with Gasteiger partial charge in [-0.25, -0.2) is 9.78 Å². The fraction of sp³-hybridized carbons (Fsp3) is 0.111. The molecule has 24 heavy (non-hydrogen) atoms. The van der Waals surface area contributed by atoms with Crippen molar-refractivity contribution in [2.45, 2.75) is 13.5 Å². The highest BCUT2D eigenvalue weighted by Crippen LogP contribution is 2.27. The summed E-state index contributed by atoms with van der Waals surface area (Å²) in [5, 5.41) is 10.4. The number of benzene rings is 2. The van der Waals surface area contributed by atoms with Crippen molar-refractivity contribution in [1.29, 1.82) is 0 Å². The third-order valence-electron chi connectivity index (χ3n) is 3.46.